The van der Waals surface area contributed by atoms with Gasteiger partial charge in [-0.25, -0.2) is 9.18 Å². The molecule has 11 heteroatoms. The standard InChI is InChI=1S/C20H20Cl3FN4O3/c21-20(22,23)18(29)26-11-15-12-28(19(30)31-15)14-3-4-17(16(24)10-14)27-8-5-13(6-9-27)2-1-7-25/h2-4,10,15H,1,5-6,8-9,11-12H2,(H,26,29). The zero-order valence-electron chi connectivity index (χ0n) is 16.4. The molecule has 0 spiro atoms. The average molecular weight is 490 g/mol. The zero-order chi connectivity index (χ0) is 22.6. The highest BCUT2D eigenvalue weighted by Crippen LogP contribution is 2.30. The lowest BCUT2D eigenvalue weighted by Gasteiger charge is -2.31. The lowest BCUT2D eigenvalue weighted by molar-refractivity contribution is -0.120. The van der Waals surface area contributed by atoms with Crippen molar-refractivity contribution in [1.29, 1.82) is 5.26 Å². The summed E-state index contributed by atoms with van der Waals surface area (Å²) in [4.78, 5) is 27.1. The van der Waals surface area contributed by atoms with Crippen molar-refractivity contribution in [3.63, 3.8) is 0 Å². The number of hydrogen-bond donors (Lipinski definition) is 1. The molecule has 2 saturated heterocycles. The Morgan fingerprint density at radius 1 is 1.35 bits per heavy atom. The molecule has 0 aromatic heterocycles. The number of nitrogens with one attached hydrogen (secondary N) is 1. The third-order valence-corrected chi connectivity index (χ3v) is 5.61. The van der Waals surface area contributed by atoms with Crippen molar-refractivity contribution in [2.45, 2.75) is 29.2 Å². The van der Waals surface area contributed by atoms with Gasteiger partial charge in [0.15, 0.2) is 0 Å². The number of nitrogens with zero attached hydrogens (tertiary/aromatic N) is 3. The summed E-state index contributed by atoms with van der Waals surface area (Å²) in [6.45, 7) is 1.40. The number of carbonyl (C=O) groups excluding carboxylic acids is 2. The summed E-state index contributed by atoms with van der Waals surface area (Å²) >= 11 is 16.5. The van der Waals surface area contributed by atoms with Gasteiger partial charge in [-0.15, -0.1) is 0 Å². The number of rotatable bonds is 5. The Morgan fingerprint density at radius 2 is 2.06 bits per heavy atom. The second-order valence-electron chi connectivity index (χ2n) is 7.17. The van der Waals surface area contributed by atoms with Gasteiger partial charge >= 0.3 is 6.09 Å². The van der Waals surface area contributed by atoms with Crippen LogP contribution in [-0.2, 0) is 9.53 Å². The molecule has 1 aromatic carbocycles. The molecule has 166 valence electrons. The molecule has 1 unspecified atom stereocenters. The number of amides is 2. The summed E-state index contributed by atoms with van der Waals surface area (Å²) in [6, 6.07) is 6.68. The molecular weight excluding hydrogens is 470 g/mol. The highest BCUT2D eigenvalue weighted by molar-refractivity contribution is 6.76. The van der Waals surface area contributed by atoms with Crippen molar-refractivity contribution >= 4 is 58.2 Å². The monoisotopic (exact) mass is 488 g/mol. The number of hydrogen-bond acceptors (Lipinski definition) is 5. The van der Waals surface area contributed by atoms with Crippen molar-refractivity contribution < 1.29 is 18.7 Å². The lowest BCUT2D eigenvalue weighted by Crippen LogP contribution is -2.40. The van der Waals surface area contributed by atoms with Crippen LogP contribution in [0.1, 0.15) is 19.3 Å². The Kier molecular flexibility index (Phi) is 7.52. The van der Waals surface area contributed by atoms with E-state index in [2.05, 4.69) is 11.4 Å². The number of piperidine rings is 1. The van der Waals surface area contributed by atoms with Gasteiger partial charge in [-0.05, 0) is 31.0 Å². The van der Waals surface area contributed by atoms with Crippen LogP contribution >= 0.6 is 34.8 Å². The van der Waals surface area contributed by atoms with E-state index >= 15 is 0 Å². The van der Waals surface area contributed by atoms with Gasteiger partial charge in [0.1, 0.15) is 11.9 Å². The average Bonchev–Trinajstić information content (AvgIpc) is 3.10. The molecule has 0 aliphatic carbocycles. The number of nitriles is 1. The van der Waals surface area contributed by atoms with Gasteiger partial charge in [0, 0.05) is 13.1 Å². The minimum atomic E-state index is -2.11. The molecule has 2 aliphatic rings. The Bertz CT molecular complexity index is 919. The topological polar surface area (TPSA) is 85.7 Å². The van der Waals surface area contributed by atoms with E-state index in [-0.39, 0.29) is 13.1 Å². The highest BCUT2D eigenvalue weighted by atomic mass is 35.6. The van der Waals surface area contributed by atoms with Crippen molar-refractivity contribution in [2.75, 3.05) is 36.0 Å². The largest absolute Gasteiger partial charge is 0.442 e. The molecule has 7 nitrogen and oxygen atoms in total. The molecule has 0 radical (unpaired) electrons. The van der Waals surface area contributed by atoms with Crippen molar-refractivity contribution in [3.05, 3.63) is 35.7 Å². The normalized spacial score (nSPS) is 19.1. The van der Waals surface area contributed by atoms with Gasteiger partial charge in [0.05, 0.1) is 37.0 Å². The first kappa shape index (κ1) is 23.5. The van der Waals surface area contributed by atoms with E-state index in [1.165, 1.54) is 16.5 Å². The van der Waals surface area contributed by atoms with E-state index in [1.807, 2.05) is 11.0 Å². The molecule has 2 fully saturated rings. The van der Waals surface area contributed by atoms with Crippen LogP contribution in [-0.4, -0.2) is 48.1 Å². The zero-order valence-corrected chi connectivity index (χ0v) is 18.7. The third-order valence-electron chi connectivity index (χ3n) is 5.09. The molecule has 2 amide bonds. The Morgan fingerprint density at radius 3 is 2.68 bits per heavy atom. The summed E-state index contributed by atoms with van der Waals surface area (Å²) in [6.07, 6.45) is 2.57. The molecule has 1 aromatic rings. The van der Waals surface area contributed by atoms with Crippen LogP contribution in [0.15, 0.2) is 29.8 Å². The number of halogens is 4. The van der Waals surface area contributed by atoms with Gasteiger partial charge in [-0.3, -0.25) is 9.69 Å². The van der Waals surface area contributed by atoms with Gasteiger partial charge < -0.3 is 15.0 Å². The van der Waals surface area contributed by atoms with Crippen LogP contribution in [0.5, 0.6) is 0 Å². The van der Waals surface area contributed by atoms with E-state index in [9.17, 15) is 14.0 Å². The fourth-order valence-corrected chi connectivity index (χ4v) is 3.69. The second-order valence-corrected chi connectivity index (χ2v) is 9.45. The van der Waals surface area contributed by atoms with E-state index in [1.54, 1.807) is 12.1 Å². The molecular formula is C20H20Cl3FN4O3. The fraction of sp³-hybridized carbons (Fsp3) is 0.450. The Balaban J connectivity index is 1.60. The van der Waals surface area contributed by atoms with Crippen LogP contribution in [0.4, 0.5) is 20.6 Å². The smallest absolute Gasteiger partial charge is 0.414 e. The summed E-state index contributed by atoms with van der Waals surface area (Å²) < 4.78 is 17.9. The SMILES string of the molecule is N#CCC=C1CCN(c2ccc(N3CC(CNC(=O)C(Cl)(Cl)Cl)OC3=O)cc2F)CC1. The number of cyclic esters (lactones) is 1. The number of carbonyl (C=O) groups is 2. The van der Waals surface area contributed by atoms with E-state index in [0.29, 0.717) is 30.9 Å². The predicted octanol–water partition coefficient (Wildman–Crippen LogP) is 4.08. The molecule has 2 aliphatic heterocycles. The first-order chi connectivity index (χ1) is 14.7. The summed E-state index contributed by atoms with van der Waals surface area (Å²) in [5.41, 5.74) is 2.03. The predicted molar refractivity (Wildman–Crippen MR) is 117 cm³/mol. The fourth-order valence-electron chi connectivity index (χ4n) is 3.49. The first-order valence-electron chi connectivity index (χ1n) is 9.61. The Labute approximate surface area is 194 Å². The van der Waals surface area contributed by atoms with Crippen LogP contribution in [0.25, 0.3) is 0 Å². The van der Waals surface area contributed by atoms with Gasteiger partial charge in [0.25, 0.3) is 9.70 Å². The van der Waals surface area contributed by atoms with Crippen LogP contribution in [0.3, 0.4) is 0 Å². The maximum absolute atomic E-state index is 14.8. The quantitative estimate of drug-likeness (QED) is 0.498. The van der Waals surface area contributed by atoms with E-state index in [4.69, 9.17) is 44.8 Å². The maximum Gasteiger partial charge on any atom is 0.414 e. The third kappa shape index (κ3) is 5.94. The van der Waals surface area contributed by atoms with Crippen molar-refractivity contribution in [2.24, 2.45) is 0 Å². The summed E-state index contributed by atoms with van der Waals surface area (Å²) in [5.74, 6) is -1.27. The Hall–Kier alpha value is -2.21. The minimum Gasteiger partial charge on any atom is -0.442 e. The highest BCUT2D eigenvalue weighted by Gasteiger charge is 2.35. The summed E-state index contributed by atoms with van der Waals surface area (Å²) in [5, 5.41) is 11.1. The van der Waals surface area contributed by atoms with Crippen LogP contribution in [0, 0.1) is 17.1 Å². The molecule has 3 rings (SSSR count). The first-order valence-corrected chi connectivity index (χ1v) is 10.7. The van der Waals surface area contributed by atoms with Gasteiger partial charge in [-0.1, -0.05) is 46.5 Å². The molecule has 1 atom stereocenters. The number of allylic oxidation sites excluding steroid dienone is 1. The molecule has 0 saturated carbocycles. The minimum absolute atomic E-state index is 0.0367. The van der Waals surface area contributed by atoms with E-state index < -0.39 is 27.7 Å². The lowest BCUT2D eigenvalue weighted by atomic mass is 10.0. The van der Waals surface area contributed by atoms with E-state index in [0.717, 1.165) is 12.8 Å². The van der Waals surface area contributed by atoms with Crippen molar-refractivity contribution in [3.8, 4) is 6.07 Å². The maximum atomic E-state index is 14.8. The van der Waals surface area contributed by atoms with Crippen molar-refractivity contribution in [1.82, 2.24) is 5.32 Å². The van der Waals surface area contributed by atoms with Crippen LogP contribution < -0.4 is 15.1 Å². The number of ether oxygens (including phenoxy) is 1. The van der Waals surface area contributed by atoms with Gasteiger partial charge in [-0.2, -0.15) is 5.26 Å². The number of alkyl halides is 3. The molecule has 1 N–H and O–H groups in total. The molecule has 31 heavy (non-hydrogen) atoms. The second kappa shape index (κ2) is 9.94. The number of benzene rings is 1. The van der Waals surface area contributed by atoms with Gasteiger partial charge in [0.2, 0.25) is 0 Å². The molecule has 0 bridgehead atoms. The van der Waals surface area contributed by atoms with Crippen LogP contribution in [0.2, 0.25) is 0 Å². The summed E-state index contributed by atoms with van der Waals surface area (Å²) in [7, 11) is 0. The molecule has 2 heterocycles. The number of anilines is 2.